The van der Waals surface area contributed by atoms with Crippen molar-refractivity contribution in [1.82, 2.24) is 4.90 Å². The van der Waals surface area contributed by atoms with Crippen LogP contribution in [0.25, 0.3) is 0 Å². The van der Waals surface area contributed by atoms with Crippen molar-refractivity contribution in [3.05, 3.63) is 54.1 Å². The second kappa shape index (κ2) is 8.01. The van der Waals surface area contributed by atoms with Gasteiger partial charge in [-0.1, -0.05) is 32.9 Å². The van der Waals surface area contributed by atoms with Crippen molar-refractivity contribution in [2.75, 3.05) is 48.8 Å². The molecule has 1 saturated heterocycles. The van der Waals surface area contributed by atoms with E-state index >= 15 is 0 Å². The molecule has 3 rings (SSSR count). The van der Waals surface area contributed by atoms with Gasteiger partial charge in [0, 0.05) is 43.2 Å². The lowest BCUT2D eigenvalue weighted by molar-refractivity contribution is 0.262. The number of urea groups is 1. The summed E-state index contributed by atoms with van der Waals surface area (Å²) in [6.07, 6.45) is 0. The zero-order chi connectivity index (χ0) is 19.4. The summed E-state index contributed by atoms with van der Waals surface area (Å²) in [6.45, 7) is 10.8. The normalized spacial score (nSPS) is 15.5. The molecule has 0 atom stereocenters. The highest BCUT2D eigenvalue weighted by atomic mass is 16.2. The van der Waals surface area contributed by atoms with Gasteiger partial charge in [0.1, 0.15) is 0 Å². The van der Waals surface area contributed by atoms with Crippen molar-refractivity contribution in [1.29, 1.82) is 0 Å². The Kier molecular flexibility index (Phi) is 5.71. The highest BCUT2D eigenvalue weighted by Crippen LogP contribution is 2.24. The molecule has 1 fully saturated rings. The van der Waals surface area contributed by atoms with E-state index in [4.69, 9.17) is 0 Å². The van der Waals surface area contributed by atoms with Crippen LogP contribution in [0.5, 0.6) is 0 Å². The summed E-state index contributed by atoms with van der Waals surface area (Å²) in [5, 5.41) is 5.78. The summed E-state index contributed by atoms with van der Waals surface area (Å²) in [5.41, 5.74) is 4.12. The van der Waals surface area contributed by atoms with Crippen LogP contribution in [0.4, 0.5) is 21.9 Å². The third-order valence-corrected chi connectivity index (χ3v) is 5.00. The average Bonchev–Trinajstić information content (AvgIpc) is 2.63. The second-order valence-corrected chi connectivity index (χ2v) is 8.24. The van der Waals surface area contributed by atoms with E-state index in [1.165, 1.54) is 11.3 Å². The van der Waals surface area contributed by atoms with Crippen LogP contribution in [0.2, 0.25) is 0 Å². The molecule has 0 aromatic heterocycles. The summed E-state index contributed by atoms with van der Waals surface area (Å²) in [7, 11) is 2.15. The molecule has 27 heavy (non-hydrogen) atoms. The number of piperazine rings is 1. The first kappa shape index (κ1) is 19.2. The molecule has 144 valence electrons. The lowest BCUT2D eigenvalue weighted by atomic mass is 9.87. The lowest BCUT2D eigenvalue weighted by Crippen LogP contribution is -2.44. The monoisotopic (exact) mass is 366 g/mol. The van der Waals surface area contributed by atoms with E-state index in [1.807, 2.05) is 24.3 Å². The Hall–Kier alpha value is -2.53. The molecule has 5 heteroatoms. The number of likely N-dealkylation sites (N-methyl/N-ethyl adjacent to an activating group) is 1. The van der Waals surface area contributed by atoms with Crippen LogP contribution >= 0.6 is 0 Å². The highest BCUT2D eigenvalue weighted by molar-refractivity contribution is 5.99. The number of hydrogen-bond acceptors (Lipinski definition) is 3. The zero-order valence-electron chi connectivity index (χ0n) is 16.7. The maximum absolute atomic E-state index is 12.2. The summed E-state index contributed by atoms with van der Waals surface area (Å²) in [5.74, 6) is 0. The predicted octanol–water partition coefficient (Wildman–Crippen LogP) is 4.38. The van der Waals surface area contributed by atoms with E-state index in [-0.39, 0.29) is 11.4 Å². The van der Waals surface area contributed by atoms with Gasteiger partial charge >= 0.3 is 6.03 Å². The number of anilines is 3. The zero-order valence-corrected chi connectivity index (χ0v) is 16.7. The largest absolute Gasteiger partial charge is 0.369 e. The van der Waals surface area contributed by atoms with Gasteiger partial charge in [-0.15, -0.1) is 0 Å². The minimum absolute atomic E-state index is 0.103. The van der Waals surface area contributed by atoms with Crippen LogP contribution in [-0.4, -0.2) is 44.2 Å². The topological polar surface area (TPSA) is 47.6 Å². The number of amides is 2. The first-order chi connectivity index (χ1) is 12.8. The van der Waals surface area contributed by atoms with Gasteiger partial charge in [0.25, 0.3) is 0 Å². The quantitative estimate of drug-likeness (QED) is 0.847. The van der Waals surface area contributed by atoms with Gasteiger partial charge in [0.15, 0.2) is 0 Å². The van der Waals surface area contributed by atoms with Crippen molar-refractivity contribution >= 4 is 23.1 Å². The molecule has 0 saturated carbocycles. The number of carbonyl (C=O) groups excluding carboxylic acids is 1. The van der Waals surface area contributed by atoms with Gasteiger partial charge in [-0.25, -0.2) is 4.79 Å². The summed E-state index contributed by atoms with van der Waals surface area (Å²) in [6, 6.07) is 15.8. The number of nitrogens with one attached hydrogen (secondary N) is 2. The maximum Gasteiger partial charge on any atom is 0.323 e. The Bertz CT molecular complexity index is 754. The van der Waals surface area contributed by atoms with Crippen molar-refractivity contribution in [3.63, 3.8) is 0 Å². The molecule has 0 bridgehead atoms. The van der Waals surface area contributed by atoms with Crippen LogP contribution in [0.15, 0.2) is 48.5 Å². The number of hydrogen-bond donors (Lipinski definition) is 2. The van der Waals surface area contributed by atoms with Crippen molar-refractivity contribution < 1.29 is 4.79 Å². The Morgan fingerprint density at radius 3 is 1.78 bits per heavy atom. The number of carbonyl (C=O) groups is 1. The van der Waals surface area contributed by atoms with E-state index in [9.17, 15) is 4.79 Å². The standard InChI is InChI=1S/C22H30N4O/c1-22(2,3)17-5-7-18(8-6-17)23-21(27)24-19-9-11-20(12-10-19)26-15-13-25(4)14-16-26/h5-12H,13-16H2,1-4H3,(H2,23,24,27). The molecule has 0 aliphatic carbocycles. The summed E-state index contributed by atoms with van der Waals surface area (Å²) in [4.78, 5) is 17.0. The van der Waals surface area contributed by atoms with Crippen LogP contribution < -0.4 is 15.5 Å². The SMILES string of the molecule is CN1CCN(c2ccc(NC(=O)Nc3ccc(C(C)(C)C)cc3)cc2)CC1. The van der Waals surface area contributed by atoms with Crippen LogP contribution in [0, 0.1) is 0 Å². The highest BCUT2D eigenvalue weighted by Gasteiger charge is 2.15. The van der Waals surface area contributed by atoms with Crippen LogP contribution in [0.1, 0.15) is 26.3 Å². The van der Waals surface area contributed by atoms with Crippen molar-refractivity contribution in [2.45, 2.75) is 26.2 Å². The molecule has 2 aromatic rings. The van der Waals surface area contributed by atoms with Crippen LogP contribution in [0.3, 0.4) is 0 Å². The third kappa shape index (κ3) is 5.23. The third-order valence-electron chi connectivity index (χ3n) is 5.00. The maximum atomic E-state index is 12.2. The van der Waals surface area contributed by atoms with Gasteiger partial charge in [-0.3, -0.25) is 0 Å². The Morgan fingerprint density at radius 1 is 0.815 bits per heavy atom. The fourth-order valence-electron chi connectivity index (χ4n) is 3.17. The Morgan fingerprint density at radius 2 is 1.30 bits per heavy atom. The molecule has 0 unspecified atom stereocenters. The molecular weight excluding hydrogens is 336 g/mol. The molecule has 5 nitrogen and oxygen atoms in total. The molecule has 0 spiro atoms. The van der Waals surface area contributed by atoms with E-state index in [1.54, 1.807) is 0 Å². The van der Waals surface area contributed by atoms with Crippen molar-refractivity contribution in [2.24, 2.45) is 0 Å². The minimum atomic E-state index is -0.231. The smallest absolute Gasteiger partial charge is 0.323 e. The molecule has 1 aliphatic heterocycles. The number of benzene rings is 2. The van der Waals surface area contributed by atoms with E-state index in [0.717, 1.165) is 37.6 Å². The van der Waals surface area contributed by atoms with Gasteiger partial charge in [-0.05, 0) is 54.4 Å². The molecule has 2 aromatic carbocycles. The van der Waals surface area contributed by atoms with Crippen molar-refractivity contribution in [3.8, 4) is 0 Å². The molecule has 1 heterocycles. The van der Waals surface area contributed by atoms with Gasteiger partial charge < -0.3 is 20.4 Å². The second-order valence-electron chi connectivity index (χ2n) is 8.24. The Labute approximate surface area is 162 Å². The molecule has 2 amide bonds. The molecule has 2 N–H and O–H groups in total. The summed E-state index contributed by atoms with van der Waals surface area (Å²) >= 11 is 0. The number of nitrogens with zero attached hydrogens (tertiary/aromatic N) is 2. The molecular formula is C22H30N4O. The first-order valence-electron chi connectivity index (χ1n) is 9.53. The van der Waals surface area contributed by atoms with E-state index in [0.29, 0.717) is 0 Å². The van der Waals surface area contributed by atoms with Gasteiger partial charge in [-0.2, -0.15) is 0 Å². The lowest BCUT2D eigenvalue weighted by Gasteiger charge is -2.34. The Balaban J connectivity index is 1.55. The fraction of sp³-hybridized carbons (Fsp3) is 0.409. The summed E-state index contributed by atoms with van der Waals surface area (Å²) < 4.78 is 0. The number of rotatable bonds is 3. The average molecular weight is 367 g/mol. The fourth-order valence-corrected chi connectivity index (χ4v) is 3.17. The minimum Gasteiger partial charge on any atom is -0.369 e. The van der Waals surface area contributed by atoms with Gasteiger partial charge in [0.2, 0.25) is 0 Å². The van der Waals surface area contributed by atoms with Gasteiger partial charge in [0.05, 0.1) is 0 Å². The van der Waals surface area contributed by atoms with Crippen LogP contribution in [-0.2, 0) is 5.41 Å². The predicted molar refractivity (Wildman–Crippen MR) is 114 cm³/mol. The molecule has 0 radical (unpaired) electrons. The first-order valence-corrected chi connectivity index (χ1v) is 9.53. The molecule has 1 aliphatic rings. The van der Waals surface area contributed by atoms with E-state index in [2.05, 4.69) is 72.5 Å². The van der Waals surface area contributed by atoms with E-state index < -0.39 is 0 Å².